The van der Waals surface area contributed by atoms with Crippen LogP contribution in [-0.2, 0) is 11.2 Å². The lowest BCUT2D eigenvalue weighted by Crippen LogP contribution is -2.39. The summed E-state index contributed by atoms with van der Waals surface area (Å²) in [6.45, 7) is 4.94. The monoisotopic (exact) mass is 447 g/mol. The molecule has 3 aromatic rings. The van der Waals surface area contributed by atoms with Gasteiger partial charge in [-0.2, -0.15) is 0 Å². The van der Waals surface area contributed by atoms with Crippen LogP contribution in [0.3, 0.4) is 0 Å². The van der Waals surface area contributed by atoms with Crippen LogP contribution in [0.1, 0.15) is 51.9 Å². The number of carbonyl (C=O) groups excluding carboxylic acids is 2. The molecular weight excluding hydrogens is 421 g/mol. The van der Waals surface area contributed by atoms with Gasteiger partial charge in [0.15, 0.2) is 0 Å². The second-order valence-electron chi connectivity index (χ2n) is 8.27. The second-order valence-corrected chi connectivity index (χ2v) is 8.27. The lowest BCUT2D eigenvalue weighted by Gasteiger charge is -2.32. The van der Waals surface area contributed by atoms with Gasteiger partial charge in [0, 0.05) is 48.4 Å². The van der Waals surface area contributed by atoms with Gasteiger partial charge in [-0.25, -0.2) is 14.4 Å². The number of halogens is 1. The molecule has 1 aliphatic rings. The topological polar surface area (TPSA) is 88.1 Å². The molecule has 0 saturated carbocycles. The van der Waals surface area contributed by atoms with Crippen LogP contribution in [0.25, 0.3) is 0 Å². The van der Waals surface area contributed by atoms with Crippen LogP contribution in [0.4, 0.5) is 10.1 Å². The zero-order valence-electron chi connectivity index (χ0n) is 18.7. The van der Waals surface area contributed by atoms with E-state index in [1.54, 1.807) is 36.7 Å². The Morgan fingerprint density at radius 1 is 1.12 bits per heavy atom. The van der Waals surface area contributed by atoms with Crippen molar-refractivity contribution in [2.45, 2.75) is 39.0 Å². The molecule has 1 saturated heterocycles. The Kier molecular flexibility index (Phi) is 6.72. The molecule has 1 aromatic carbocycles. The van der Waals surface area contributed by atoms with Crippen LogP contribution in [0, 0.1) is 19.7 Å². The fourth-order valence-electron chi connectivity index (χ4n) is 4.17. The van der Waals surface area contributed by atoms with Crippen molar-refractivity contribution >= 4 is 17.5 Å². The van der Waals surface area contributed by atoms with Gasteiger partial charge in [0.05, 0.1) is 17.7 Å². The van der Waals surface area contributed by atoms with Crippen LogP contribution in [-0.4, -0.2) is 44.8 Å². The van der Waals surface area contributed by atoms with Crippen LogP contribution in [0.5, 0.6) is 0 Å². The lowest BCUT2D eigenvalue weighted by molar-refractivity contribution is -0.115. The number of rotatable bonds is 5. The van der Waals surface area contributed by atoms with E-state index in [-0.39, 0.29) is 29.8 Å². The van der Waals surface area contributed by atoms with Crippen molar-refractivity contribution in [3.05, 3.63) is 82.9 Å². The molecule has 8 heteroatoms. The summed E-state index contributed by atoms with van der Waals surface area (Å²) in [5, 5.41) is 2.61. The molecule has 3 heterocycles. The molecule has 4 rings (SSSR count). The molecule has 0 aliphatic carbocycles. The number of carbonyl (C=O) groups is 2. The Hall–Kier alpha value is -3.68. The standard InChI is InChI=1S/C25H26FN5O2/c1-16-20(13-23(32)30-22-10-4-3-9-21(22)26)17(2)29-24(28-16)19-8-6-12-31(15-19)25(33)18-7-5-11-27-14-18/h3-5,7,9-11,14,19H,6,8,12-13,15H2,1-2H3,(H,30,32)/t19-/m0/s1. The van der Waals surface area contributed by atoms with E-state index in [1.165, 1.54) is 12.1 Å². The van der Waals surface area contributed by atoms with E-state index in [2.05, 4.69) is 20.3 Å². The average molecular weight is 448 g/mol. The van der Waals surface area contributed by atoms with Crippen molar-refractivity contribution in [1.29, 1.82) is 0 Å². The first-order valence-electron chi connectivity index (χ1n) is 11.0. The molecular formula is C25H26FN5O2. The minimum atomic E-state index is -0.478. The summed E-state index contributed by atoms with van der Waals surface area (Å²) in [5.74, 6) is -0.130. The van der Waals surface area contributed by atoms with E-state index in [9.17, 15) is 14.0 Å². The summed E-state index contributed by atoms with van der Waals surface area (Å²) in [4.78, 5) is 40.6. The number of nitrogens with zero attached hydrogens (tertiary/aromatic N) is 4. The number of amides is 2. The normalized spacial score (nSPS) is 15.8. The largest absolute Gasteiger partial charge is 0.338 e. The van der Waals surface area contributed by atoms with Crippen LogP contribution >= 0.6 is 0 Å². The molecule has 2 amide bonds. The van der Waals surface area contributed by atoms with E-state index in [1.807, 2.05) is 18.7 Å². The number of para-hydroxylation sites is 1. The summed E-state index contributed by atoms with van der Waals surface area (Å²) in [5.41, 5.74) is 2.89. The SMILES string of the molecule is Cc1nc([C@H]2CCCN(C(=O)c3cccnc3)C2)nc(C)c1CC(=O)Nc1ccccc1F. The van der Waals surface area contributed by atoms with E-state index < -0.39 is 5.82 Å². The van der Waals surface area contributed by atoms with Gasteiger partial charge >= 0.3 is 0 Å². The highest BCUT2D eigenvalue weighted by atomic mass is 19.1. The van der Waals surface area contributed by atoms with Crippen LogP contribution in [0.15, 0.2) is 48.8 Å². The van der Waals surface area contributed by atoms with E-state index in [0.29, 0.717) is 24.5 Å². The summed E-state index contributed by atoms with van der Waals surface area (Å²) >= 11 is 0. The van der Waals surface area contributed by atoms with Crippen molar-refractivity contribution in [2.75, 3.05) is 18.4 Å². The molecule has 1 fully saturated rings. The molecule has 33 heavy (non-hydrogen) atoms. The van der Waals surface area contributed by atoms with Gasteiger partial charge in [-0.15, -0.1) is 0 Å². The van der Waals surface area contributed by atoms with Crippen molar-refractivity contribution in [1.82, 2.24) is 19.9 Å². The second kappa shape index (κ2) is 9.85. The number of aryl methyl sites for hydroxylation is 2. The van der Waals surface area contributed by atoms with E-state index in [0.717, 1.165) is 29.8 Å². The number of pyridine rings is 1. The Balaban J connectivity index is 1.47. The molecule has 7 nitrogen and oxygen atoms in total. The summed E-state index contributed by atoms with van der Waals surface area (Å²) < 4.78 is 13.8. The number of hydrogen-bond acceptors (Lipinski definition) is 5. The van der Waals surface area contributed by atoms with Gasteiger partial charge < -0.3 is 10.2 Å². The molecule has 0 spiro atoms. The van der Waals surface area contributed by atoms with Crippen molar-refractivity contribution in [3.63, 3.8) is 0 Å². The van der Waals surface area contributed by atoms with Crippen molar-refractivity contribution < 1.29 is 14.0 Å². The predicted molar refractivity (Wildman–Crippen MR) is 122 cm³/mol. The third-order valence-electron chi connectivity index (χ3n) is 5.91. The molecule has 2 aromatic heterocycles. The van der Waals surface area contributed by atoms with Crippen molar-refractivity contribution in [2.24, 2.45) is 0 Å². The Morgan fingerprint density at radius 2 is 1.88 bits per heavy atom. The van der Waals surface area contributed by atoms with Crippen LogP contribution in [0.2, 0.25) is 0 Å². The number of piperidine rings is 1. The molecule has 1 N–H and O–H groups in total. The Morgan fingerprint density at radius 3 is 2.58 bits per heavy atom. The first kappa shape index (κ1) is 22.5. The number of nitrogens with one attached hydrogen (secondary N) is 1. The lowest BCUT2D eigenvalue weighted by atomic mass is 9.95. The molecule has 0 radical (unpaired) electrons. The number of likely N-dealkylation sites (tertiary alicyclic amines) is 1. The number of anilines is 1. The fourth-order valence-corrected chi connectivity index (χ4v) is 4.17. The summed E-state index contributed by atoms with van der Waals surface area (Å²) in [6, 6.07) is 9.59. The molecule has 1 atom stereocenters. The third-order valence-corrected chi connectivity index (χ3v) is 5.91. The molecule has 0 unspecified atom stereocenters. The first-order chi connectivity index (χ1) is 15.9. The Labute approximate surface area is 192 Å². The maximum absolute atomic E-state index is 13.8. The zero-order valence-corrected chi connectivity index (χ0v) is 18.7. The van der Waals surface area contributed by atoms with E-state index >= 15 is 0 Å². The smallest absolute Gasteiger partial charge is 0.255 e. The molecule has 1 aliphatic heterocycles. The summed E-state index contributed by atoms with van der Waals surface area (Å²) in [7, 11) is 0. The van der Waals surface area contributed by atoms with Gasteiger partial charge in [0.1, 0.15) is 11.6 Å². The first-order valence-corrected chi connectivity index (χ1v) is 11.0. The zero-order chi connectivity index (χ0) is 23.4. The van der Waals surface area contributed by atoms with Crippen LogP contribution < -0.4 is 5.32 Å². The maximum atomic E-state index is 13.8. The quantitative estimate of drug-likeness (QED) is 0.642. The van der Waals surface area contributed by atoms with Crippen molar-refractivity contribution in [3.8, 4) is 0 Å². The highest BCUT2D eigenvalue weighted by Gasteiger charge is 2.28. The maximum Gasteiger partial charge on any atom is 0.255 e. The highest BCUT2D eigenvalue weighted by molar-refractivity contribution is 5.94. The number of aromatic nitrogens is 3. The minimum Gasteiger partial charge on any atom is -0.338 e. The molecule has 0 bridgehead atoms. The Bertz CT molecular complexity index is 1150. The highest BCUT2D eigenvalue weighted by Crippen LogP contribution is 2.27. The molecule has 170 valence electrons. The number of benzene rings is 1. The van der Waals surface area contributed by atoms with Gasteiger partial charge in [-0.1, -0.05) is 12.1 Å². The van der Waals surface area contributed by atoms with Gasteiger partial charge in [-0.3, -0.25) is 14.6 Å². The van der Waals surface area contributed by atoms with Gasteiger partial charge in [-0.05, 0) is 51.0 Å². The van der Waals surface area contributed by atoms with Gasteiger partial charge in [0.2, 0.25) is 5.91 Å². The minimum absolute atomic E-state index is 0.0260. The average Bonchev–Trinajstić information content (AvgIpc) is 2.83. The summed E-state index contributed by atoms with van der Waals surface area (Å²) in [6.07, 6.45) is 5.04. The predicted octanol–water partition coefficient (Wildman–Crippen LogP) is 3.83. The third kappa shape index (κ3) is 5.22. The van der Waals surface area contributed by atoms with E-state index in [4.69, 9.17) is 0 Å². The fraction of sp³-hybridized carbons (Fsp3) is 0.320. The number of hydrogen-bond donors (Lipinski definition) is 1. The van der Waals surface area contributed by atoms with Gasteiger partial charge in [0.25, 0.3) is 5.91 Å².